The quantitative estimate of drug-likeness (QED) is 0.463. The fourth-order valence-electron chi connectivity index (χ4n) is 4.45. The summed E-state index contributed by atoms with van der Waals surface area (Å²) in [6.07, 6.45) is 2.14. The van der Waals surface area contributed by atoms with E-state index in [0.29, 0.717) is 38.0 Å². The molecule has 1 aromatic heterocycles. The maximum atomic E-state index is 13.3. The monoisotopic (exact) mass is 494 g/mol. The first-order chi connectivity index (χ1) is 16.9. The van der Waals surface area contributed by atoms with E-state index in [0.717, 1.165) is 6.42 Å². The third-order valence-electron chi connectivity index (χ3n) is 6.25. The molecule has 0 saturated carbocycles. The van der Waals surface area contributed by atoms with Crippen LogP contribution in [0.2, 0.25) is 0 Å². The predicted octanol–water partition coefficient (Wildman–Crippen LogP) is 4.41. The summed E-state index contributed by atoms with van der Waals surface area (Å²) in [7, 11) is -3.57. The van der Waals surface area contributed by atoms with Gasteiger partial charge in [0.1, 0.15) is 11.5 Å². The molecule has 1 fully saturated rings. The average Bonchev–Trinajstić information content (AvgIpc) is 3.35. The number of furan rings is 1. The largest absolute Gasteiger partial charge is 0.455 e. The van der Waals surface area contributed by atoms with Gasteiger partial charge >= 0.3 is 0 Å². The Bertz CT molecular complexity index is 1250. The normalized spacial score (nSPS) is 14.6. The Morgan fingerprint density at radius 2 is 1.57 bits per heavy atom. The summed E-state index contributed by atoms with van der Waals surface area (Å²) in [5, 5.41) is 0. The second-order valence-electron chi connectivity index (χ2n) is 8.73. The molecule has 0 N–H and O–H groups in total. The van der Waals surface area contributed by atoms with Crippen molar-refractivity contribution < 1.29 is 22.4 Å². The van der Waals surface area contributed by atoms with Gasteiger partial charge in [0.25, 0.3) is 11.8 Å². The lowest BCUT2D eigenvalue weighted by atomic mass is 10.0. The number of benzene rings is 2. The summed E-state index contributed by atoms with van der Waals surface area (Å²) in [4.78, 5) is 29.9. The Labute approximate surface area is 206 Å². The van der Waals surface area contributed by atoms with Gasteiger partial charge in [-0.3, -0.25) is 9.59 Å². The maximum Gasteiger partial charge on any atom is 0.289 e. The molecule has 0 unspecified atom stereocenters. The molecule has 0 aliphatic carbocycles. The highest BCUT2D eigenvalue weighted by Crippen LogP contribution is 2.23. The number of nitrogens with zero attached hydrogens (tertiary/aromatic N) is 2. The van der Waals surface area contributed by atoms with Crippen LogP contribution in [0.4, 0.5) is 0 Å². The molecule has 1 saturated heterocycles. The average molecular weight is 495 g/mol. The van der Waals surface area contributed by atoms with E-state index in [-0.39, 0.29) is 40.0 Å². The molecule has 4 rings (SSSR count). The van der Waals surface area contributed by atoms with E-state index in [1.807, 2.05) is 42.2 Å². The van der Waals surface area contributed by atoms with E-state index in [2.05, 4.69) is 0 Å². The van der Waals surface area contributed by atoms with E-state index < -0.39 is 9.84 Å². The maximum absolute atomic E-state index is 13.3. The van der Waals surface area contributed by atoms with Gasteiger partial charge in [-0.2, -0.15) is 0 Å². The van der Waals surface area contributed by atoms with Crippen LogP contribution in [0.15, 0.2) is 82.1 Å². The number of hydrogen-bond acceptors (Lipinski definition) is 5. The molecule has 8 heteroatoms. The highest BCUT2D eigenvalue weighted by Gasteiger charge is 2.31. The zero-order chi connectivity index (χ0) is 24.8. The van der Waals surface area contributed by atoms with Gasteiger partial charge < -0.3 is 14.2 Å². The van der Waals surface area contributed by atoms with E-state index in [9.17, 15) is 18.0 Å². The van der Waals surface area contributed by atoms with Crippen LogP contribution < -0.4 is 0 Å². The molecule has 184 valence electrons. The molecule has 1 aliphatic rings. The van der Waals surface area contributed by atoms with E-state index in [4.69, 9.17) is 4.42 Å². The summed E-state index contributed by atoms with van der Waals surface area (Å²) in [6.45, 7) is 3.72. The highest BCUT2D eigenvalue weighted by atomic mass is 32.2. The van der Waals surface area contributed by atoms with E-state index >= 15 is 0 Å². The van der Waals surface area contributed by atoms with Crippen LogP contribution in [-0.2, 0) is 15.6 Å². The summed E-state index contributed by atoms with van der Waals surface area (Å²) in [6, 6.07) is 20.5. The topological polar surface area (TPSA) is 87.9 Å². The minimum absolute atomic E-state index is 0.00715. The van der Waals surface area contributed by atoms with E-state index in [1.165, 1.54) is 0 Å². The van der Waals surface area contributed by atoms with Gasteiger partial charge in [-0.05, 0) is 55.7 Å². The van der Waals surface area contributed by atoms with Gasteiger partial charge in [-0.1, -0.05) is 43.3 Å². The SMILES string of the molecule is CCCN(C(=O)c1ccc(CS(=O)(=O)c2ccccc2)o1)C1CCN(C(=O)c2ccccc2)CC1. The lowest BCUT2D eigenvalue weighted by Gasteiger charge is -2.38. The molecule has 0 radical (unpaired) electrons. The molecule has 0 spiro atoms. The van der Waals surface area contributed by atoms with Gasteiger partial charge in [0.05, 0.1) is 4.90 Å². The van der Waals surface area contributed by atoms with Crippen molar-refractivity contribution in [2.45, 2.75) is 42.9 Å². The Morgan fingerprint density at radius 3 is 2.20 bits per heavy atom. The Balaban J connectivity index is 1.41. The number of sulfone groups is 1. The zero-order valence-corrected chi connectivity index (χ0v) is 20.6. The summed E-state index contributed by atoms with van der Waals surface area (Å²) in [5.74, 6) is -0.176. The molecule has 7 nitrogen and oxygen atoms in total. The number of piperidine rings is 1. The smallest absolute Gasteiger partial charge is 0.289 e. The molecule has 35 heavy (non-hydrogen) atoms. The minimum atomic E-state index is -3.57. The summed E-state index contributed by atoms with van der Waals surface area (Å²) in [5.41, 5.74) is 0.668. The van der Waals surface area contributed by atoms with Crippen LogP contribution in [-0.4, -0.2) is 55.7 Å². The van der Waals surface area contributed by atoms with Gasteiger partial charge in [-0.25, -0.2) is 8.42 Å². The lowest BCUT2D eigenvalue weighted by Crippen LogP contribution is -2.49. The molecular weight excluding hydrogens is 464 g/mol. The van der Waals surface area contributed by atoms with Crippen molar-refractivity contribution in [1.29, 1.82) is 0 Å². The Hall–Kier alpha value is -3.39. The fourth-order valence-corrected chi connectivity index (χ4v) is 5.71. The van der Waals surface area contributed by atoms with Crippen molar-refractivity contribution in [3.63, 3.8) is 0 Å². The Morgan fingerprint density at radius 1 is 0.943 bits per heavy atom. The first kappa shape index (κ1) is 24.7. The minimum Gasteiger partial charge on any atom is -0.455 e. The molecule has 0 bridgehead atoms. The molecule has 1 aliphatic heterocycles. The second-order valence-corrected chi connectivity index (χ2v) is 10.7. The van der Waals surface area contributed by atoms with Crippen molar-refractivity contribution in [3.8, 4) is 0 Å². The number of likely N-dealkylation sites (tertiary alicyclic amines) is 1. The molecule has 2 aromatic carbocycles. The first-order valence-corrected chi connectivity index (χ1v) is 13.6. The summed E-state index contributed by atoms with van der Waals surface area (Å²) < 4.78 is 31.0. The van der Waals surface area contributed by atoms with Gasteiger partial charge in [0.2, 0.25) is 0 Å². The van der Waals surface area contributed by atoms with Gasteiger partial charge in [-0.15, -0.1) is 0 Å². The number of hydrogen-bond donors (Lipinski definition) is 0. The van der Waals surface area contributed by atoms with Gasteiger partial charge in [0, 0.05) is 31.2 Å². The number of carbonyl (C=O) groups is 2. The van der Waals surface area contributed by atoms with Crippen molar-refractivity contribution in [1.82, 2.24) is 9.80 Å². The third-order valence-corrected chi connectivity index (χ3v) is 7.90. The van der Waals surface area contributed by atoms with Crippen molar-refractivity contribution in [3.05, 3.63) is 89.9 Å². The molecule has 2 heterocycles. The van der Waals surface area contributed by atoms with Crippen LogP contribution in [0.5, 0.6) is 0 Å². The van der Waals surface area contributed by atoms with E-state index in [1.54, 1.807) is 47.4 Å². The molecular formula is C27H30N2O5S. The van der Waals surface area contributed by atoms with Crippen LogP contribution in [0.3, 0.4) is 0 Å². The highest BCUT2D eigenvalue weighted by molar-refractivity contribution is 7.90. The fraction of sp³-hybridized carbons (Fsp3) is 0.333. The standard InChI is InChI=1S/C27H30N2O5S/c1-2-17-29(22-15-18-28(19-16-22)26(30)21-9-5-3-6-10-21)27(31)25-14-13-23(34-25)20-35(32,33)24-11-7-4-8-12-24/h3-14,22H,2,15-20H2,1H3. The Kier molecular flexibility index (Phi) is 7.70. The van der Waals surface area contributed by atoms with Crippen molar-refractivity contribution in [2.24, 2.45) is 0 Å². The second kappa shape index (κ2) is 10.9. The summed E-state index contributed by atoms with van der Waals surface area (Å²) >= 11 is 0. The number of amides is 2. The van der Waals surface area contributed by atoms with Crippen LogP contribution in [0, 0.1) is 0 Å². The lowest BCUT2D eigenvalue weighted by molar-refractivity contribution is 0.0497. The predicted molar refractivity (Wildman–Crippen MR) is 133 cm³/mol. The van der Waals surface area contributed by atoms with Crippen LogP contribution in [0.1, 0.15) is 52.9 Å². The first-order valence-electron chi connectivity index (χ1n) is 11.9. The molecule has 2 amide bonds. The van der Waals surface area contributed by atoms with Crippen LogP contribution >= 0.6 is 0 Å². The number of rotatable bonds is 8. The zero-order valence-electron chi connectivity index (χ0n) is 19.8. The van der Waals surface area contributed by atoms with Crippen LogP contribution in [0.25, 0.3) is 0 Å². The molecule has 3 aromatic rings. The molecule has 0 atom stereocenters. The number of carbonyl (C=O) groups excluding carboxylic acids is 2. The van der Waals surface area contributed by atoms with Crippen molar-refractivity contribution in [2.75, 3.05) is 19.6 Å². The van der Waals surface area contributed by atoms with Gasteiger partial charge in [0.15, 0.2) is 15.6 Å². The van der Waals surface area contributed by atoms with Crippen molar-refractivity contribution >= 4 is 21.7 Å². The third kappa shape index (κ3) is 5.82.